The van der Waals surface area contributed by atoms with Crippen LogP contribution < -0.4 is 0 Å². The minimum absolute atomic E-state index is 0.0518. The lowest BCUT2D eigenvalue weighted by molar-refractivity contribution is 0.223. The fourth-order valence-corrected chi connectivity index (χ4v) is 10.9. The van der Waals surface area contributed by atoms with Crippen LogP contribution in [0.5, 0.6) is 0 Å². The summed E-state index contributed by atoms with van der Waals surface area (Å²) in [6.45, 7) is 15.0. The highest BCUT2D eigenvalue weighted by Gasteiger charge is 2.47. The van der Waals surface area contributed by atoms with E-state index in [4.69, 9.17) is 0 Å². The van der Waals surface area contributed by atoms with Crippen LogP contribution in [0.1, 0.15) is 80.1 Å². The maximum absolute atomic E-state index is 2.52. The van der Waals surface area contributed by atoms with Crippen molar-refractivity contribution in [2.75, 3.05) is 0 Å². The van der Waals surface area contributed by atoms with Crippen molar-refractivity contribution in [3.63, 3.8) is 0 Å². The van der Waals surface area contributed by atoms with E-state index in [0.717, 1.165) is 46.8 Å². The van der Waals surface area contributed by atoms with Gasteiger partial charge >= 0.3 is 0 Å². The van der Waals surface area contributed by atoms with E-state index in [1.807, 2.05) is 0 Å². The quantitative estimate of drug-likeness (QED) is 0.432. The third-order valence-corrected chi connectivity index (χ3v) is 11.1. The van der Waals surface area contributed by atoms with Crippen molar-refractivity contribution in [1.82, 2.24) is 0 Å². The van der Waals surface area contributed by atoms with Gasteiger partial charge in [0.15, 0.2) is 0 Å². The maximum atomic E-state index is 2.52. The highest BCUT2D eigenvalue weighted by Crippen LogP contribution is 2.69. The van der Waals surface area contributed by atoms with Crippen LogP contribution in [-0.2, 0) is 0 Å². The van der Waals surface area contributed by atoms with Crippen molar-refractivity contribution in [3.8, 4) is 0 Å². The molecule has 0 saturated heterocycles. The van der Waals surface area contributed by atoms with Gasteiger partial charge in [-0.1, -0.05) is 62.3 Å². The summed E-state index contributed by atoms with van der Waals surface area (Å²) in [5, 5.41) is 0. The Morgan fingerprint density at radius 2 is 1.15 bits per heavy atom. The lowest BCUT2D eigenvalue weighted by Gasteiger charge is -2.51. The molecule has 5 radical (unpaired) electrons. The van der Waals surface area contributed by atoms with Gasteiger partial charge in [-0.25, -0.2) is 0 Å². The van der Waals surface area contributed by atoms with Crippen LogP contribution in [0.2, 0.25) is 0 Å². The third-order valence-electron chi connectivity index (χ3n) is 7.63. The minimum Gasteiger partial charge on any atom is -0.0918 e. The first-order chi connectivity index (χ1) is 12.4. The molecule has 147 valence electrons. The zero-order valence-electron chi connectivity index (χ0n) is 18.1. The van der Waals surface area contributed by atoms with Crippen molar-refractivity contribution in [1.29, 1.82) is 0 Å². The number of hydrogen-bond acceptors (Lipinski definition) is 0. The molecule has 3 saturated carbocycles. The molecule has 0 bridgehead atoms. The van der Waals surface area contributed by atoms with E-state index >= 15 is 0 Å². The first-order valence-corrected chi connectivity index (χ1v) is 12.9. The van der Waals surface area contributed by atoms with E-state index in [1.54, 1.807) is 5.66 Å². The van der Waals surface area contributed by atoms with Crippen LogP contribution in [0.3, 0.4) is 0 Å². The van der Waals surface area contributed by atoms with E-state index in [1.165, 1.54) is 38.5 Å². The monoisotopic (exact) mass is 373 g/mol. The standard InChI is InChI=1S/C25H42P/c1-17(2)22-13-11-19(5)15-24(22)26(21-9-7-8-10-21)25-16-20(6)12-14-23(25)18(3)4/h7-10,17-20,22-25H,11-16H2,1-6H3/t19-,20-,22+,23+,24-,25-/m0/s1. The molecule has 0 N–H and O–H groups in total. The van der Waals surface area contributed by atoms with E-state index in [-0.39, 0.29) is 7.92 Å². The predicted octanol–water partition coefficient (Wildman–Crippen LogP) is 7.75. The van der Waals surface area contributed by atoms with Crippen LogP contribution in [0.25, 0.3) is 0 Å². The second kappa shape index (κ2) is 9.29. The van der Waals surface area contributed by atoms with Crippen LogP contribution in [-0.4, -0.2) is 11.3 Å². The molecule has 6 atom stereocenters. The highest BCUT2D eigenvalue weighted by atomic mass is 31.1. The SMILES string of the molecule is CC(C)[C@H]1CC[C@H](C)C[C@@H]1P([C]1[CH][CH][CH][CH]1)[C@H]1C[C@@H](C)CC[C@@H]1C(C)C. The summed E-state index contributed by atoms with van der Waals surface area (Å²) in [6.07, 6.45) is 18.4. The Balaban J connectivity index is 1.92. The average Bonchev–Trinajstić information content (AvgIpc) is 3.09. The van der Waals surface area contributed by atoms with Gasteiger partial charge in [0.05, 0.1) is 0 Å². The predicted molar refractivity (Wildman–Crippen MR) is 118 cm³/mol. The summed E-state index contributed by atoms with van der Waals surface area (Å²) in [5.74, 6) is 5.41. The van der Waals surface area contributed by atoms with Gasteiger partial charge in [0.25, 0.3) is 0 Å². The van der Waals surface area contributed by atoms with Gasteiger partial charge in [0.1, 0.15) is 0 Å². The van der Waals surface area contributed by atoms with Crippen molar-refractivity contribution in [3.05, 3.63) is 31.3 Å². The normalized spacial score (nSPS) is 40.0. The fourth-order valence-electron chi connectivity index (χ4n) is 6.11. The minimum atomic E-state index is -0.0518. The average molecular weight is 374 g/mol. The topological polar surface area (TPSA) is 0 Å². The van der Waals surface area contributed by atoms with E-state index < -0.39 is 0 Å². The summed E-state index contributed by atoms with van der Waals surface area (Å²) in [6, 6.07) is 0. The molecule has 3 rings (SSSR count). The van der Waals surface area contributed by atoms with E-state index in [0.29, 0.717) is 0 Å². The van der Waals surface area contributed by atoms with Gasteiger partial charge in [-0.15, -0.1) is 0 Å². The van der Waals surface area contributed by atoms with Gasteiger partial charge in [-0.05, 0) is 98.2 Å². The zero-order chi connectivity index (χ0) is 18.8. The summed E-state index contributed by atoms with van der Waals surface area (Å²) in [5.41, 5.74) is 3.63. The molecule has 26 heavy (non-hydrogen) atoms. The second-order valence-corrected chi connectivity index (χ2v) is 13.0. The second-order valence-electron chi connectivity index (χ2n) is 10.3. The molecule has 0 aromatic heterocycles. The molecule has 0 amide bonds. The first-order valence-electron chi connectivity index (χ1n) is 11.4. The molecule has 3 fully saturated rings. The van der Waals surface area contributed by atoms with Crippen LogP contribution in [0.15, 0.2) is 0 Å². The molecule has 0 nitrogen and oxygen atoms in total. The summed E-state index contributed by atoms with van der Waals surface area (Å²) in [4.78, 5) is 0. The summed E-state index contributed by atoms with van der Waals surface area (Å²) in [7, 11) is -0.0518. The van der Waals surface area contributed by atoms with Crippen molar-refractivity contribution in [2.45, 2.75) is 91.4 Å². The molecule has 0 aromatic carbocycles. The van der Waals surface area contributed by atoms with E-state index in [2.05, 4.69) is 67.2 Å². The maximum Gasteiger partial charge on any atom is 0.00805 e. The Hall–Kier alpha value is 0.430. The molecule has 0 heterocycles. The van der Waals surface area contributed by atoms with E-state index in [9.17, 15) is 0 Å². The van der Waals surface area contributed by atoms with Crippen molar-refractivity contribution in [2.24, 2.45) is 35.5 Å². The lowest BCUT2D eigenvalue weighted by Crippen LogP contribution is -2.39. The fraction of sp³-hybridized carbons (Fsp3) is 0.800. The van der Waals surface area contributed by atoms with Crippen LogP contribution in [0, 0.1) is 66.8 Å². The number of rotatable bonds is 5. The molecule has 0 spiro atoms. The highest BCUT2D eigenvalue weighted by molar-refractivity contribution is 7.63. The largest absolute Gasteiger partial charge is 0.0918 e. The number of hydrogen-bond donors (Lipinski definition) is 0. The Morgan fingerprint density at radius 3 is 1.54 bits per heavy atom. The molecule has 0 aliphatic heterocycles. The first kappa shape index (κ1) is 21.1. The summed E-state index contributed by atoms with van der Waals surface area (Å²) >= 11 is 0. The molecule has 1 heteroatoms. The summed E-state index contributed by atoms with van der Waals surface area (Å²) < 4.78 is 0. The third kappa shape index (κ3) is 4.70. The Labute approximate surface area is 166 Å². The zero-order valence-corrected chi connectivity index (χ0v) is 19.0. The van der Waals surface area contributed by atoms with Gasteiger partial charge < -0.3 is 0 Å². The molecule has 3 aliphatic carbocycles. The van der Waals surface area contributed by atoms with Gasteiger partial charge in [0, 0.05) is 5.66 Å². The van der Waals surface area contributed by atoms with Crippen molar-refractivity contribution >= 4 is 7.92 Å². The molecular weight excluding hydrogens is 331 g/mol. The van der Waals surface area contributed by atoms with Crippen molar-refractivity contribution < 1.29 is 0 Å². The molecule has 0 unspecified atom stereocenters. The Kier molecular flexibility index (Phi) is 7.55. The van der Waals surface area contributed by atoms with Gasteiger partial charge in [-0.3, -0.25) is 0 Å². The molecule has 3 aliphatic rings. The smallest absolute Gasteiger partial charge is 0.00805 e. The van der Waals surface area contributed by atoms with Crippen LogP contribution in [0.4, 0.5) is 0 Å². The Morgan fingerprint density at radius 1 is 0.731 bits per heavy atom. The lowest BCUT2D eigenvalue weighted by atomic mass is 9.76. The molecule has 0 aromatic rings. The molecular formula is C25H42P. The van der Waals surface area contributed by atoms with Gasteiger partial charge in [0.2, 0.25) is 0 Å². The Bertz CT molecular complexity index is 390. The van der Waals surface area contributed by atoms with Crippen LogP contribution >= 0.6 is 7.92 Å². The van der Waals surface area contributed by atoms with Gasteiger partial charge in [-0.2, -0.15) is 0 Å².